The molecule has 0 bridgehead atoms. The first-order chi connectivity index (χ1) is 8.64. The molecule has 0 saturated carbocycles. The number of hydrogen-bond acceptors (Lipinski definition) is 1. The molecule has 0 amide bonds. The predicted octanol–water partition coefficient (Wildman–Crippen LogP) is 5.08. The Bertz CT molecular complexity index is 449. The highest BCUT2D eigenvalue weighted by atomic mass is 31.1. The SMILES string of the molecule is COc1ccc(C#CP(C(C)(C)C)C(C)(C)C)cc1. The number of hydrogen-bond donors (Lipinski definition) is 0. The zero-order valence-corrected chi connectivity index (χ0v) is 14.1. The Morgan fingerprint density at radius 1 is 0.895 bits per heavy atom. The number of methoxy groups -OCH3 is 1. The van der Waals surface area contributed by atoms with Crippen LogP contribution in [0.25, 0.3) is 0 Å². The fraction of sp³-hybridized carbons (Fsp3) is 0.529. The molecule has 0 atom stereocenters. The lowest BCUT2D eigenvalue weighted by molar-refractivity contribution is 0.415. The van der Waals surface area contributed by atoms with Crippen LogP contribution < -0.4 is 4.74 Å². The molecule has 104 valence electrons. The van der Waals surface area contributed by atoms with Crippen LogP contribution >= 0.6 is 7.92 Å². The highest BCUT2D eigenvalue weighted by molar-refractivity contribution is 7.65. The summed E-state index contributed by atoms with van der Waals surface area (Å²) >= 11 is 0. The summed E-state index contributed by atoms with van der Waals surface area (Å²) in [6.45, 7) is 13.7. The molecule has 2 heteroatoms. The van der Waals surface area contributed by atoms with Gasteiger partial charge in [-0.25, -0.2) is 0 Å². The summed E-state index contributed by atoms with van der Waals surface area (Å²) in [6, 6.07) is 7.95. The van der Waals surface area contributed by atoms with Crippen LogP contribution in [0.3, 0.4) is 0 Å². The van der Waals surface area contributed by atoms with Crippen molar-refractivity contribution in [3.63, 3.8) is 0 Å². The first kappa shape index (κ1) is 16.1. The van der Waals surface area contributed by atoms with Crippen LogP contribution in [0.4, 0.5) is 0 Å². The summed E-state index contributed by atoms with van der Waals surface area (Å²) < 4.78 is 5.16. The van der Waals surface area contributed by atoms with E-state index in [1.807, 2.05) is 24.3 Å². The molecule has 0 aliphatic heterocycles. The minimum atomic E-state index is -0.370. The molecule has 0 heterocycles. The monoisotopic (exact) mass is 276 g/mol. The molecule has 1 aromatic rings. The maximum atomic E-state index is 5.16. The first-order valence-electron chi connectivity index (χ1n) is 6.60. The van der Waals surface area contributed by atoms with Gasteiger partial charge in [0, 0.05) is 5.56 Å². The average Bonchev–Trinajstić information content (AvgIpc) is 2.26. The van der Waals surface area contributed by atoms with Crippen LogP contribution in [0.5, 0.6) is 5.75 Å². The molecule has 1 rings (SSSR count). The van der Waals surface area contributed by atoms with E-state index in [4.69, 9.17) is 4.74 Å². The number of benzene rings is 1. The van der Waals surface area contributed by atoms with Gasteiger partial charge in [0.2, 0.25) is 0 Å². The predicted molar refractivity (Wildman–Crippen MR) is 86.3 cm³/mol. The van der Waals surface area contributed by atoms with E-state index in [1.165, 1.54) is 0 Å². The average molecular weight is 276 g/mol. The van der Waals surface area contributed by atoms with Gasteiger partial charge in [-0.3, -0.25) is 0 Å². The third-order valence-electron chi connectivity index (χ3n) is 2.74. The van der Waals surface area contributed by atoms with Crippen molar-refractivity contribution in [1.82, 2.24) is 0 Å². The zero-order chi connectivity index (χ0) is 14.7. The molecule has 0 spiro atoms. The molecule has 0 fully saturated rings. The van der Waals surface area contributed by atoms with Gasteiger partial charge in [0.25, 0.3) is 0 Å². The van der Waals surface area contributed by atoms with Crippen molar-refractivity contribution < 1.29 is 4.74 Å². The molecule has 0 aliphatic carbocycles. The Morgan fingerprint density at radius 2 is 1.37 bits per heavy atom. The van der Waals surface area contributed by atoms with E-state index in [0.717, 1.165) is 11.3 Å². The minimum absolute atomic E-state index is 0.243. The van der Waals surface area contributed by atoms with Crippen LogP contribution in [0, 0.1) is 11.6 Å². The van der Waals surface area contributed by atoms with E-state index in [0.29, 0.717) is 0 Å². The fourth-order valence-corrected chi connectivity index (χ4v) is 5.06. The number of ether oxygens (including phenoxy) is 1. The van der Waals surface area contributed by atoms with Crippen LogP contribution in [-0.2, 0) is 0 Å². The molecule has 0 saturated heterocycles. The Balaban J connectivity index is 3.00. The standard InChI is InChI=1S/C17H25OP/c1-16(2,3)19(17(4,5)6)13-12-14-8-10-15(18-7)11-9-14/h8-11H,1-7H3. The third kappa shape index (κ3) is 4.88. The summed E-state index contributed by atoms with van der Waals surface area (Å²) in [5.41, 5.74) is 4.58. The first-order valence-corrected chi connectivity index (χ1v) is 7.95. The summed E-state index contributed by atoms with van der Waals surface area (Å²) in [5, 5.41) is 0.486. The molecule has 0 unspecified atom stereocenters. The lowest BCUT2D eigenvalue weighted by Crippen LogP contribution is -2.23. The lowest BCUT2D eigenvalue weighted by atomic mass is 10.2. The summed E-state index contributed by atoms with van der Waals surface area (Å²) in [4.78, 5) is 0. The Labute approximate surface area is 119 Å². The third-order valence-corrected chi connectivity index (χ3v) is 5.76. The highest BCUT2D eigenvalue weighted by Crippen LogP contribution is 2.58. The second kappa shape index (κ2) is 5.98. The van der Waals surface area contributed by atoms with Crippen molar-refractivity contribution in [3.05, 3.63) is 29.8 Å². The van der Waals surface area contributed by atoms with E-state index in [1.54, 1.807) is 7.11 Å². The van der Waals surface area contributed by atoms with Gasteiger partial charge in [-0.2, -0.15) is 0 Å². The second-order valence-electron chi connectivity index (χ2n) is 6.64. The maximum Gasteiger partial charge on any atom is 0.118 e. The van der Waals surface area contributed by atoms with E-state index >= 15 is 0 Å². The Hall–Kier alpha value is -0.990. The second-order valence-corrected chi connectivity index (χ2v) is 10.2. The van der Waals surface area contributed by atoms with Gasteiger partial charge in [0.05, 0.1) is 7.11 Å². The van der Waals surface area contributed by atoms with E-state index in [9.17, 15) is 0 Å². The van der Waals surface area contributed by atoms with E-state index in [2.05, 4.69) is 53.1 Å². The Kier molecular flexibility index (Phi) is 5.05. The van der Waals surface area contributed by atoms with Crippen molar-refractivity contribution >= 4 is 7.92 Å². The van der Waals surface area contributed by atoms with Crippen molar-refractivity contribution in [2.45, 2.75) is 51.9 Å². The summed E-state index contributed by atoms with van der Waals surface area (Å²) in [7, 11) is 1.31. The van der Waals surface area contributed by atoms with Crippen LogP contribution in [0.15, 0.2) is 24.3 Å². The van der Waals surface area contributed by atoms with Gasteiger partial charge >= 0.3 is 0 Å². The molecular weight excluding hydrogens is 251 g/mol. The van der Waals surface area contributed by atoms with Crippen LogP contribution in [0.1, 0.15) is 47.1 Å². The fourth-order valence-electron chi connectivity index (χ4n) is 2.14. The molecule has 19 heavy (non-hydrogen) atoms. The van der Waals surface area contributed by atoms with E-state index in [-0.39, 0.29) is 18.2 Å². The normalized spacial score (nSPS) is 12.0. The van der Waals surface area contributed by atoms with Gasteiger partial charge in [0.15, 0.2) is 0 Å². The molecule has 0 aromatic heterocycles. The van der Waals surface area contributed by atoms with Crippen molar-refractivity contribution in [2.75, 3.05) is 7.11 Å². The van der Waals surface area contributed by atoms with Gasteiger partial charge in [-0.05, 0) is 42.5 Å². The largest absolute Gasteiger partial charge is 0.497 e. The summed E-state index contributed by atoms with van der Waals surface area (Å²) in [5.74, 6) is 4.21. The lowest BCUT2D eigenvalue weighted by Gasteiger charge is -2.37. The van der Waals surface area contributed by atoms with Crippen molar-refractivity contribution in [2.24, 2.45) is 0 Å². The molecule has 1 aromatic carbocycles. The quantitative estimate of drug-likeness (QED) is 0.513. The van der Waals surface area contributed by atoms with Crippen LogP contribution in [0.2, 0.25) is 0 Å². The van der Waals surface area contributed by atoms with Gasteiger partial charge in [-0.1, -0.05) is 53.1 Å². The Morgan fingerprint density at radius 3 is 1.74 bits per heavy atom. The van der Waals surface area contributed by atoms with Gasteiger partial charge in [-0.15, -0.1) is 0 Å². The highest BCUT2D eigenvalue weighted by Gasteiger charge is 2.33. The minimum Gasteiger partial charge on any atom is -0.497 e. The molecule has 0 radical (unpaired) electrons. The summed E-state index contributed by atoms with van der Waals surface area (Å²) in [6.07, 6.45) is 0. The van der Waals surface area contributed by atoms with Gasteiger partial charge in [0.1, 0.15) is 5.75 Å². The molecule has 0 aliphatic rings. The molecule has 1 nitrogen and oxygen atoms in total. The maximum absolute atomic E-state index is 5.16. The molecular formula is C17H25OP. The van der Waals surface area contributed by atoms with Crippen molar-refractivity contribution in [1.29, 1.82) is 0 Å². The van der Waals surface area contributed by atoms with Gasteiger partial charge < -0.3 is 4.74 Å². The topological polar surface area (TPSA) is 9.23 Å². The zero-order valence-electron chi connectivity index (χ0n) is 13.2. The van der Waals surface area contributed by atoms with E-state index < -0.39 is 0 Å². The molecule has 0 N–H and O–H groups in total. The number of rotatable bonds is 1. The van der Waals surface area contributed by atoms with Crippen molar-refractivity contribution in [3.8, 4) is 17.3 Å². The smallest absolute Gasteiger partial charge is 0.118 e. The van der Waals surface area contributed by atoms with Crippen LogP contribution in [-0.4, -0.2) is 17.4 Å².